The Kier molecular flexibility index (Phi) is 4.03. The molecular formula is C11H11BrFNO. The highest BCUT2D eigenvalue weighted by Crippen LogP contribution is 2.17. The van der Waals surface area contributed by atoms with Crippen LogP contribution in [0.25, 0.3) is 0 Å². The SMILES string of the molecule is CN(C)C=CC(=O)c1ccc(F)c(Br)c1. The molecule has 0 aromatic heterocycles. The molecular weight excluding hydrogens is 261 g/mol. The van der Waals surface area contributed by atoms with Crippen molar-refractivity contribution in [3.8, 4) is 0 Å². The van der Waals surface area contributed by atoms with Gasteiger partial charge in [0.25, 0.3) is 0 Å². The lowest BCUT2D eigenvalue weighted by atomic mass is 10.1. The summed E-state index contributed by atoms with van der Waals surface area (Å²) >= 11 is 3.03. The van der Waals surface area contributed by atoms with Gasteiger partial charge in [-0.15, -0.1) is 0 Å². The lowest BCUT2D eigenvalue weighted by Crippen LogP contribution is -2.03. The van der Waals surface area contributed by atoms with Crippen LogP contribution < -0.4 is 0 Å². The number of allylic oxidation sites excluding steroid dienone is 1. The second-order valence-corrected chi connectivity index (χ2v) is 4.13. The summed E-state index contributed by atoms with van der Waals surface area (Å²) in [5, 5.41) is 0. The molecule has 0 spiro atoms. The lowest BCUT2D eigenvalue weighted by molar-refractivity contribution is 0.104. The highest BCUT2D eigenvalue weighted by atomic mass is 79.9. The molecule has 0 fully saturated rings. The Labute approximate surface area is 96.5 Å². The quantitative estimate of drug-likeness (QED) is 0.623. The summed E-state index contributed by atoms with van der Waals surface area (Å²) in [6, 6.07) is 4.20. The highest BCUT2D eigenvalue weighted by Gasteiger charge is 2.05. The van der Waals surface area contributed by atoms with Gasteiger partial charge in [0.1, 0.15) is 5.82 Å². The summed E-state index contributed by atoms with van der Waals surface area (Å²) in [6.07, 6.45) is 3.10. The molecule has 1 aromatic carbocycles. The standard InChI is InChI=1S/C11H11BrFNO/c1-14(2)6-5-11(15)8-3-4-10(13)9(12)7-8/h3-7H,1-2H3. The molecule has 0 unspecified atom stereocenters. The molecule has 0 saturated heterocycles. The van der Waals surface area contributed by atoms with Gasteiger partial charge in [0.05, 0.1) is 4.47 Å². The minimum absolute atomic E-state index is 0.149. The van der Waals surface area contributed by atoms with Gasteiger partial charge in [0.2, 0.25) is 0 Å². The van der Waals surface area contributed by atoms with Gasteiger partial charge in [-0.2, -0.15) is 0 Å². The van der Waals surface area contributed by atoms with Crippen LogP contribution in [0.3, 0.4) is 0 Å². The van der Waals surface area contributed by atoms with E-state index in [2.05, 4.69) is 15.9 Å². The smallest absolute Gasteiger partial charge is 0.187 e. The van der Waals surface area contributed by atoms with Gasteiger partial charge in [0, 0.05) is 31.9 Å². The number of rotatable bonds is 3. The fourth-order valence-corrected chi connectivity index (χ4v) is 1.34. The largest absolute Gasteiger partial charge is 0.383 e. The van der Waals surface area contributed by atoms with Gasteiger partial charge in [0.15, 0.2) is 5.78 Å². The minimum Gasteiger partial charge on any atom is -0.383 e. The van der Waals surface area contributed by atoms with Crippen molar-refractivity contribution in [2.45, 2.75) is 0 Å². The van der Waals surface area contributed by atoms with Crippen molar-refractivity contribution in [2.24, 2.45) is 0 Å². The van der Waals surface area contributed by atoms with Crippen LogP contribution in [0.4, 0.5) is 4.39 Å². The average Bonchev–Trinajstić information content (AvgIpc) is 2.18. The number of hydrogen-bond donors (Lipinski definition) is 0. The van der Waals surface area contributed by atoms with Crippen LogP contribution in [-0.2, 0) is 0 Å². The summed E-state index contributed by atoms with van der Waals surface area (Å²) in [5.41, 5.74) is 0.460. The van der Waals surface area contributed by atoms with Crippen molar-refractivity contribution in [3.05, 3.63) is 46.3 Å². The number of carbonyl (C=O) groups excluding carboxylic acids is 1. The fourth-order valence-electron chi connectivity index (χ4n) is 0.962. The van der Waals surface area contributed by atoms with E-state index in [1.54, 1.807) is 11.1 Å². The summed E-state index contributed by atoms with van der Waals surface area (Å²) in [4.78, 5) is 13.3. The number of nitrogens with zero attached hydrogens (tertiary/aromatic N) is 1. The van der Waals surface area contributed by atoms with Crippen molar-refractivity contribution < 1.29 is 9.18 Å². The molecule has 0 bridgehead atoms. The van der Waals surface area contributed by atoms with Gasteiger partial charge in [-0.05, 0) is 34.1 Å². The van der Waals surface area contributed by atoms with Crippen molar-refractivity contribution in [1.29, 1.82) is 0 Å². The van der Waals surface area contributed by atoms with E-state index in [1.807, 2.05) is 14.1 Å². The number of carbonyl (C=O) groups is 1. The van der Waals surface area contributed by atoms with E-state index in [9.17, 15) is 9.18 Å². The van der Waals surface area contributed by atoms with Crippen LogP contribution in [0, 0.1) is 5.82 Å². The Morgan fingerprint density at radius 3 is 2.67 bits per heavy atom. The molecule has 1 rings (SSSR count). The zero-order valence-corrected chi connectivity index (χ0v) is 10.1. The number of halogens is 2. The molecule has 0 N–H and O–H groups in total. The first kappa shape index (κ1) is 11.9. The predicted molar refractivity (Wildman–Crippen MR) is 61.3 cm³/mol. The Morgan fingerprint density at radius 2 is 2.13 bits per heavy atom. The minimum atomic E-state index is -0.372. The molecule has 0 saturated carbocycles. The van der Waals surface area contributed by atoms with Gasteiger partial charge >= 0.3 is 0 Å². The third-order valence-corrected chi connectivity index (χ3v) is 2.34. The molecule has 0 radical (unpaired) electrons. The van der Waals surface area contributed by atoms with Crippen molar-refractivity contribution in [2.75, 3.05) is 14.1 Å². The maximum Gasteiger partial charge on any atom is 0.187 e. The number of benzene rings is 1. The van der Waals surface area contributed by atoms with Gasteiger partial charge < -0.3 is 4.90 Å². The van der Waals surface area contributed by atoms with Gasteiger partial charge in [-0.3, -0.25) is 4.79 Å². The third-order valence-electron chi connectivity index (χ3n) is 1.73. The first-order valence-corrected chi connectivity index (χ1v) is 5.14. The zero-order valence-electron chi connectivity index (χ0n) is 8.50. The summed E-state index contributed by atoms with van der Waals surface area (Å²) in [7, 11) is 3.65. The molecule has 0 aliphatic rings. The molecule has 4 heteroatoms. The molecule has 0 aliphatic heterocycles. The van der Waals surface area contributed by atoms with Crippen LogP contribution in [0.2, 0.25) is 0 Å². The highest BCUT2D eigenvalue weighted by molar-refractivity contribution is 9.10. The Hall–Kier alpha value is -1.16. The van der Waals surface area contributed by atoms with E-state index in [-0.39, 0.29) is 11.6 Å². The second kappa shape index (κ2) is 5.07. The van der Waals surface area contributed by atoms with E-state index < -0.39 is 0 Å². The van der Waals surface area contributed by atoms with Crippen LogP contribution in [-0.4, -0.2) is 24.8 Å². The normalized spacial score (nSPS) is 10.7. The number of ketones is 1. The van der Waals surface area contributed by atoms with Crippen molar-refractivity contribution >= 4 is 21.7 Å². The molecule has 0 amide bonds. The maximum atomic E-state index is 12.9. The molecule has 0 aliphatic carbocycles. The van der Waals surface area contributed by atoms with E-state index in [0.29, 0.717) is 10.0 Å². The van der Waals surface area contributed by atoms with Gasteiger partial charge in [-0.25, -0.2) is 4.39 Å². The van der Waals surface area contributed by atoms with Crippen LogP contribution >= 0.6 is 15.9 Å². The Morgan fingerprint density at radius 1 is 1.47 bits per heavy atom. The second-order valence-electron chi connectivity index (χ2n) is 3.27. The summed E-state index contributed by atoms with van der Waals surface area (Å²) in [5.74, 6) is -0.521. The van der Waals surface area contributed by atoms with E-state index in [4.69, 9.17) is 0 Å². The number of hydrogen-bond acceptors (Lipinski definition) is 2. The third kappa shape index (κ3) is 3.47. The first-order valence-electron chi connectivity index (χ1n) is 4.34. The van der Waals surface area contributed by atoms with Crippen molar-refractivity contribution in [3.63, 3.8) is 0 Å². The summed E-state index contributed by atoms with van der Waals surface area (Å²) < 4.78 is 13.2. The van der Waals surface area contributed by atoms with Crippen LogP contribution in [0.15, 0.2) is 34.9 Å². The first-order chi connectivity index (χ1) is 7.00. The predicted octanol–water partition coefficient (Wildman–Crippen LogP) is 2.85. The van der Waals surface area contributed by atoms with E-state index in [0.717, 1.165) is 0 Å². The Balaban J connectivity index is 2.88. The van der Waals surface area contributed by atoms with E-state index >= 15 is 0 Å². The van der Waals surface area contributed by atoms with Gasteiger partial charge in [-0.1, -0.05) is 0 Å². The lowest BCUT2D eigenvalue weighted by Gasteiger charge is -2.03. The summed E-state index contributed by atoms with van der Waals surface area (Å²) in [6.45, 7) is 0. The topological polar surface area (TPSA) is 20.3 Å². The van der Waals surface area contributed by atoms with E-state index in [1.165, 1.54) is 24.3 Å². The van der Waals surface area contributed by atoms with Crippen LogP contribution in [0.1, 0.15) is 10.4 Å². The van der Waals surface area contributed by atoms with Crippen LogP contribution in [0.5, 0.6) is 0 Å². The molecule has 15 heavy (non-hydrogen) atoms. The molecule has 1 aromatic rings. The Bertz CT molecular complexity index is 402. The molecule has 80 valence electrons. The molecule has 0 atom stereocenters. The fraction of sp³-hybridized carbons (Fsp3) is 0.182. The maximum absolute atomic E-state index is 12.9. The zero-order chi connectivity index (χ0) is 11.4. The molecule has 2 nitrogen and oxygen atoms in total. The average molecular weight is 272 g/mol. The van der Waals surface area contributed by atoms with Crippen molar-refractivity contribution in [1.82, 2.24) is 4.90 Å². The molecule has 0 heterocycles. The monoisotopic (exact) mass is 271 g/mol.